The molecule has 0 saturated heterocycles. The molecule has 2 aromatic rings. The molecule has 0 aromatic heterocycles. The predicted octanol–water partition coefficient (Wildman–Crippen LogP) is 2.42. The fraction of sp³-hybridized carbons (Fsp3) is 0.235. The Morgan fingerprint density at radius 2 is 1.76 bits per heavy atom. The number of hydrogen-bond donors (Lipinski definition) is 2. The highest BCUT2D eigenvalue weighted by molar-refractivity contribution is 5.82. The molecule has 0 radical (unpaired) electrons. The zero-order valence-electron chi connectivity index (χ0n) is 12.4. The van der Waals surface area contributed by atoms with E-state index >= 15 is 0 Å². The van der Waals surface area contributed by atoms with Gasteiger partial charge in [0.2, 0.25) is 5.91 Å². The van der Waals surface area contributed by atoms with Gasteiger partial charge in [-0.05, 0) is 30.2 Å². The van der Waals surface area contributed by atoms with Crippen molar-refractivity contribution in [2.75, 3.05) is 11.9 Å². The van der Waals surface area contributed by atoms with E-state index in [1.807, 2.05) is 37.3 Å². The minimum atomic E-state index is -0.240. The van der Waals surface area contributed by atoms with Crippen LogP contribution < -0.4 is 16.2 Å². The molecule has 2 rings (SSSR count). The maximum Gasteiger partial charge on any atom is 0.241 e. The number of nitrogens with one attached hydrogen (secondary N) is 1. The number of benzene rings is 2. The SMILES string of the molecule is CC(C(=O)NN)c1ccc(CN(C)c2ccccc2)cc1. The highest BCUT2D eigenvalue weighted by Gasteiger charge is 2.13. The summed E-state index contributed by atoms with van der Waals surface area (Å²) in [6, 6.07) is 18.3. The Bertz CT molecular complexity index is 581. The molecule has 0 fully saturated rings. The standard InChI is InChI=1S/C17H21N3O/c1-13(17(21)19-18)15-10-8-14(9-11-15)12-20(2)16-6-4-3-5-7-16/h3-11,13H,12,18H2,1-2H3,(H,19,21). The molecule has 0 aliphatic carbocycles. The Hall–Kier alpha value is -2.33. The minimum Gasteiger partial charge on any atom is -0.370 e. The van der Waals surface area contributed by atoms with Gasteiger partial charge in [0.25, 0.3) is 0 Å². The Balaban J connectivity index is 2.04. The summed E-state index contributed by atoms with van der Waals surface area (Å²) >= 11 is 0. The van der Waals surface area contributed by atoms with Crippen LogP contribution in [0.15, 0.2) is 54.6 Å². The van der Waals surface area contributed by atoms with Crippen LogP contribution >= 0.6 is 0 Å². The molecular weight excluding hydrogens is 262 g/mol. The highest BCUT2D eigenvalue weighted by Crippen LogP contribution is 2.18. The Morgan fingerprint density at radius 3 is 2.33 bits per heavy atom. The zero-order valence-corrected chi connectivity index (χ0v) is 12.4. The van der Waals surface area contributed by atoms with Gasteiger partial charge in [-0.2, -0.15) is 0 Å². The normalized spacial score (nSPS) is 11.8. The number of hydrazine groups is 1. The van der Waals surface area contributed by atoms with E-state index in [4.69, 9.17) is 5.84 Å². The Kier molecular flexibility index (Phi) is 4.95. The van der Waals surface area contributed by atoms with Crippen LogP contribution in [0.3, 0.4) is 0 Å². The van der Waals surface area contributed by atoms with Gasteiger partial charge in [0.1, 0.15) is 0 Å². The molecule has 21 heavy (non-hydrogen) atoms. The number of amides is 1. The van der Waals surface area contributed by atoms with E-state index in [0.29, 0.717) is 0 Å². The molecular formula is C17H21N3O. The molecule has 0 bridgehead atoms. The van der Waals surface area contributed by atoms with Crippen molar-refractivity contribution in [3.8, 4) is 0 Å². The summed E-state index contributed by atoms with van der Waals surface area (Å²) in [5.41, 5.74) is 5.52. The van der Waals surface area contributed by atoms with Crippen LogP contribution in [0.5, 0.6) is 0 Å². The number of anilines is 1. The average Bonchev–Trinajstić information content (AvgIpc) is 2.55. The lowest BCUT2D eigenvalue weighted by molar-refractivity contribution is -0.122. The van der Waals surface area contributed by atoms with Gasteiger partial charge >= 0.3 is 0 Å². The van der Waals surface area contributed by atoms with Gasteiger partial charge < -0.3 is 4.90 Å². The van der Waals surface area contributed by atoms with Crippen LogP contribution in [0.1, 0.15) is 24.0 Å². The lowest BCUT2D eigenvalue weighted by Crippen LogP contribution is -2.33. The first-order valence-electron chi connectivity index (χ1n) is 6.97. The maximum atomic E-state index is 11.5. The monoisotopic (exact) mass is 283 g/mol. The van der Waals surface area contributed by atoms with Crippen LogP contribution in [0.4, 0.5) is 5.69 Å². The van der Waals surface area contributed by atoms with E-state index in [-0.39, 0.29) is 11.8 Å². The molecule has 0 heterocycles. The van der Waals surface area contributed by atoms with Crippen molar-refractivity contribution in [3.63, 3.8) is 0 Å². The summed E-state index contributed by atoms with van der Waals surface area (Å²) in [5.74, 6) is 4.75. The second-order valence-electron chi connectivity index (χ2n) is 5.16. The van der Waals surface area contributed by atoms with Gasteiger partial charge in [-0.25, -0.2) is 5.84 Å². The lowest BCUT2D eigenvalue weighted by atomic mass is 9.99. The van der Waals surface area contributed by atoms with Gasteiger partial charge in [-0.15, -0.1) is 0 Å². The highest BCUT2D eigenvalue weighted by atomic mass is 16.2. The molecule has 4 heteroatoms. The summed E-state index contributed by atoms with van der Waals surface area (Å²) < 4.78 is 0. The van der Waals surface area contributed by atoms with Crippen molar-refractivity contribution in [1.82, 2.24) is 5.43 Å². The first-order chi connectivity index (χ1) is 10.1. The molecule has 0 aliphatic rings. The van der Waals surface area contributed by atoms with E-state index in [9.17, 15) is 4.79 Å². The average molecular weight is 283 g/mol. The molecule has 0 aliphatic heterocycles. The molecule has 0 saturated carbocycles. The fourth-order valence-corrected chi connectivity index (χ4v) is 2.24. The predicted molar refractivity (Wildman–Crippen MR) is 85.7 cm³/mol. The molecule has 1 atom stereocenters. The zero-order chi connectivity index (χ0) is 15.2. The first-order valence-corrected chi connectivity index (χ1v) is 6.97. The van der Waals surface area contributed by atoms with Gasteiger partial charge in [-0.1, -0.05) is 42.5 Å². The third kappa shape index (κ3) is 3.83. The van der Waals surface area contributed by atoms with E-state index < -0.39 is 0 Å². The summed E-state index contributed by atoms with van der Waals surface area (Å²) in [5, 5.41) is 0. The van der Waals surface area contributed by atoms with Gasteiger partial charge in [0.15, 0.2) is 0 Å². The number of rotatable bonds is 5. The maximum absolute atomic E-state index is 11.5. The second kappa shape index (κ2) is 6.90. The van der Waals surface area contributed by atoms with Crippen molar-refractivity contribution in [2.24, 2.45) is 5.84 Å². The molecule has 4 nitrogen and oxygen atoms in total. The Morgan fingerprint density at radius 1 is 1.14 bits per heavy atom. The lowest BCUT2D eigenvalue weighted by Gasteiger charge is -2.19. The van der Waals surface area contributed by atoms with Crippen molar-refractivity contribution < 1.29 is 4.79 Å². The molecule has 2 aromatic carbocycles. The second-order valence-corrected chi connectivity index (χ2v) is 5.16. The van der Waals surface area contributed by atoms with Crippen LogP contribution in [-0.4, -0.2) is 13.0 Å². The van der Waals surface area contributed by atoms with Crippen molar-refractivity contribution in [1.29, 1.82) is 0 Å². The quantitative estimate of drug-likeness (QED) is 0.503. The van der Waals surface area contributed by atoms with E-state index in [1.54, 1.807) is 0 Å². The summed E-state index contributed by atoms with van der Waals surface area (Å²) in [6.45, 7) is 2.66. The third-order valence-corrected chi connectivity index (χ3v) is 3.63. The fourth-order valence-electron chi connectivity index (χ4n) is 2.24. The number of carbonyl (C=O) groups is 1. The molecule has 1 unspecified atom stereocenters. The van der Waals surface area contributed by atoms with Crippen molar-refractivity contribution >= 4 is 11.6 Å². The Labute approximate surface area is 125 Å². The van der Waals surface area contributed by atoms with Gasteiger partial charge in [0, 0.05) is 19.3 Å². The van der Waals surface area contributed by atoms with E-state index in [2.05, 4.69) is 41.6 Å². The van der Waals surface area contributed by atoms with Crippen LogP contribution in [0, 0.1) is 0 Å². The minimum absolute atomic E-state index is 0.177. The van der Waals surface area contributed by atoms with Crippen LogP contribution in [-0.2, 0) is 11.3 Å². The molecule has 3 N–H and O–H groups in total. The van der Waals surface area contributed by atoms with Crippen molar-refractivity contribution in [3.05, 3.63) is 65.7 Å². The first kappa shape index (κ1) is 15.1. The van der Waals surface area contributed by atoms with Crippen LogP contribution in [0.2, 0.25) is 0 Å². The van der Waals surface area contributed by atoms with E-state index in [0.717, 1.165) is 12.1 Å². The van der Waals surface area contributed by atoms with E-state index in [1.165, 1.54) is 11.3 Å². The van der Waals surface area contributed by atoms with Gasteiger partial charge in [-0.3, -0.25) is 10.2 Å². The number of nitrogens with zero attached hydrogens (tertiary/aromatic N) is 1. The summed E-state index contributed by atoms with van der Waals surface area (Å²) in [4.78, 5) is 13.7. The molecule has 110 valence electrons. The van der Waals surface area contributed by atoms with Crippen molar-refractivity contribution in [2.45, 2.75) is 19.4 Å². The number of para-hydroxylation sites is 1. The molecule has 0 spiro atoms. The number of nitrogens with two attached hydrogens (primary N) is 1. The number of carbonyl (C=O) groups excluding carboxylic acids is 1. The van der Waals surface area contributed by atoms with Crippen LogP contribution in [0.25, 0.3) is 0 Å². The smallest absolute Gasteiger partial charge is 0.241 e. The topological polar surface area (TPSA) is 58.4 Å². The third-order valence-electron chi connectivity index (χ3n) is 3.63. The van der Waals surface area contributed by atoms with Gasteiger partial charge in [0.05, 0.1) is 5.92 Å². The molecule has 1 amide bonds. The summed E-state index contributed by atoms with van der Waals surface area (Å²) in [6.07, 6.45) is 0. The summed E-state index contributed by atoms with van der Waals surface area (Å²) in [7, 11) is 2.06. The number of hydrogen-bond acceptors (Lipinski definition) is 3. The largest absolute Gasteiger partial charge is 0.370 e.